The molecule has 1 N–H and O–H groups in total. The molecule has 2 rings (SSSR count). The van der Waals surface area contributed by atoms with E-state index in [0.29, 0.717) is 25.6 Å². The molecule has 1 atom stereocenters. The van der Waals surface area contributed by atoms with Crippen LogP contribution in [0.1, 0.15) is 24.8 Å². The SMILES string of the molecule is C=CCN1C(=O)CCC1CCNCc1cccc(F)c1. The molecule has 0 bridgehead atoms. The highest BCUT2D eigenvalue weighted by atomic mass is 19.1. The molecule has 0 aliphatic carbocycles. The molecule has 1 aliphatic rings. The normalized spacial score (nSPS) is 18.6. The predicted octanol–water partition coefficient (Wildman–Crippen LogP) is 2.48. The van der Waals surface area contributed by atoms with Gasteiger partial charge in [0.05, 0.1) is 0 Å². The minimum Gasteiger partial charge on any atom is -0.336 e. The zero-order valence-electron chi connectivity index (χ0n) is 11.6. The maximum Gasteiger partial charge on any atom is 0.223 e. The number of halogens is 1. The van der Waals surface area contributed by atoms with Crippen LogP contribution in [0.15, 0.2) is 36.9 Å². The Morgan fingerprint density at radius 1 is 1.50 bits per heavy atom. The number of nitrogens with one attached hydrogen (secondary N) is 1. The topological polar surface area (TPSA) is 32.3 Å². The summed E-state index contributed by atoms with van der Waals surface area (Å²) in [5, 5.41) is 3.30. The third-order valence-corrected chi connectivity index (χ3v) is 3.65. The molecule has 1 unspecified atom stereocenters. The van der Waals surface area contributed by atoms with Crippen molar-refractivity contribution in [2.75, 3.05) is 13.1 Å². The number of likely N-dealkylation sites (tertiary alicyclic amines) is 1. The molecule has 1 aromatic carbocycles. The maximum absolute atomic E-state index is 13.0. The van der Waals surface area contributed by atoms with E-state index < -0.39 is 0 Å². The zero-order chi connectivity index (χ0) is 14.4. The standard InChI is InChI=1S/C16H21FN2O/c1-2-10-19-15(6-7-16(19)20)8-9-18-12-13-4-3-5-14(17)11-13/h2-5,11,15,18H,1,6-10,12H2. The van der Waals surface area contributed by atoms with Gasteiger partial charge in [0.25, 0.3) is 0 Å². The predicted molar refractivity (Wildman–Crippen MR) is 77.7 cm³/mol. The molecule has 1 amide bonds. The van der Waals surface area contributed by atoms with Gasteiger partial charge in [-0.05, 0) is 37.1 Å². The first-order chi connectivity index (χ1) is 9.70. The van der Waals surface area contributed by atoms with Crippen molar-refractivity contribution in [3.05, 3.63) is 48.3 Å². The highest BCUT2D eigenvalue weighted by Crippen LogP contribution is 2.20. The second-order valence-corrected chi connectivity index (χ2v) is 5.12. The molecule has 20 heavy (non-hydrogen) atoms. The third-order valence-electron chi connectivity index (χ3n) is 3.65. The van der Waals surface area contributed by atoms with E-state index in [-0.39, 0.29) is 11.7 Å². The Kier molecular flexibility index (Phi) is 5.30. The Balaban J connectivity index is 1.73. The third kappa shape index (κ3) is 3.90. The second-order valence-electron chi connectivity index (χ2n) is 5.12. The number of carbonyl (C=O) groups is 1. The lowest BCUT2D eigenvalue weighted by Gasteiger charge is -2.23. The molecule has 0 radical (unpaired) electrons. The number of rotatable bonds is 7. The number of nitrogens with zero attached hydrogens (tertiary/aromatic N) is 1. The summed E-state index contributed by atoms with van der Waals surface area (Å²) < 4.78 is 13.0. The quantitative estimate of drug-likeness (QED) is 0.613. The van der Waals surface area contributed by atoms with Crippen molar-refractivity contribution in [2.24, 2.45) is 0 Å². The van der Waals surface area contributed by atoms with E-state index in [1.807, 2.05) is 11.0 Å². The van der Waals surface area contributed by atoms with Gasteiger partial charge in [-0.2, -0.15) is 0 Å². The van der Waals surface area contributed by atoms with E-state index in [1.165, 1.54) is 12.1 Å². The van der Waals surface area contributed by atoms with E-state index in [0.717, 1.165) is 24.9 Å². The summed E-state index contributed by atoms with van der Waals surface area (Å²) in [5.74, 6) is 0.0166. The van der Waals surface area contributed by atoms with Gasteiger partial charge in [-0.15, -0.1) is 6.58 Å². The summed E-state index contributed by atoms with van der Waals surface area (Å²) in [6.07, 6.45) is 4.27. The molecular weight excluding hydrogens is 255 g/mol. The van der Waals surface area contributed by atoms with Crippen molar-refractivity contribution in [2.45, 2.75) is 31.8 Å². The van der Waals surface area contributed by atoms with E-state index in [1.54, 1.807) is 12.1 Å². The lowest BCUT2D eigenvalue weighted by molar-refractivity contribution is -0.128. The largest absolute Gasteiger partial charge is 0.336 e. The molecule has 1 aromatic rings. The van der Waals surface area contributed by atoms with Crippen LogP contribution in [0.2, 0.25) is 0 Å². The van der Waals surface area contributed by atoms with Gasteiger partial charge >= 0.3 is 0 Å². The number of hydrogen-bond donors (Lipinski definition) is 1. The van der Waals surface area contributed by atoms with Gasteiger partial charge in [0.15, 0.2) is 0 Å². The average Bonchev–Trinajstić information content (AvgIpc) is 2.77. The lowest BCUT2D eigenvalue weighted by atomic mass is 10.1. The van der Waals surface area contributed by atoms with Crippen molar-refractivity contribution in [3.8, 4) is 0 Å². The van der Waals surface area contributed by atoms with Crippen molar-refractivity contribution in [1.82, 2.24) is 10.2 Å². The van der Waals surface area contributed by atoms with Crippen LogP contribution in [0.4, 0.5) is 4.39 Å². The van der Waals surface area contributed by atoms with Gasteiger partial charge < -0.3 is 10.2 Å². The Morgan fingerprint density at radius 3 is 3.10 bits per heavy atom. The van der Waals surface area contributed by atoms with Crippen LogP contribution in [0.3, 0.4) is 0 Å². The van der Waals surface area contributed by atoms with Gasteiger partial charge in [0.2, 0.25) is 5.91 Å². The molecule has 4 heteroatoms. The summed E-state index contributed by atoms with van der Waals surface area (Å²) in [7, 11) is 0. The van der Waals surface area contributed by atoms with Crippen LogP contribution in [0, 0.1) is 5.82 Å². The van der Waals surface area contributed by atoms with Crippen LogP contribution < -0.4 is 5.32 Å². The van der Waals surface area contributed by atoms with Crippen molar-refractivity contribution < 1.29 is 9.18 Å². The molecule has 3 nitrogen and oxygen atoms in total. The fourth-order valence-electron chi connectivity index (χ4n) is 2.63. The van der Waals surface area contributed by atoms with Crippen molar-refractivity contribution in [1.29, 1.82) is 0 Å². The Labute approximate surface area is 119 Å². The molecular formula is C16H21FN2O. The zero-order valence-corrected chi connectivity index (χ0v) is 11.6. The van der Waals surface area contributed by atoms with Crippen molar-refractivity contribution >= 4 is 5.91 Å². The average molecular weight is 276 g/mol. The van der Waals surface area contributed by atoms with Crippen LogP contribution in [0.5, 0.6) is 0 Å². The summed E-state index contributed by atoms with van der Waals surface area (Å²) in [6, 6.07) is 6.91. The first-order valence-corrected chi connectivity index (χ1v) is 7.06. The molecule has 1 heterocycles. The van der Waals surface area contributed by atoms with Crippen LogP contribution in [-0.4, -0.2) is 29.9 Å². The van der Waals surface area contributed by atoms with E-state index in [2.05, 4.69) is 11.9 Å². The minimum atomic E-state index is -0.206. The highest BCUT2D eigenvalue weighted by molar-refractivity contribution is 5.78. The molecule has 0 spiro atoms. The number of benzene rings is 1. The Morgan fingerprint density at radius 2 is 2.35 bits per heavy atom. The highest BCUT2D eigenvalue weighted by Gasteiger charge is 2.29. The molecule has 108 valence electrons. The maximum atomic E-state index is 13.0. The monoisotopic (exact) mass is 276 g/mol. The van der Waals surface area contributed by atoms with E-state index >= 15 is 0 Å². The van der Waals surface area contributed by atoms with Crippen LogP contribution in [0.25, 0.3) is 0 Å². The van der Waals surface area contributed by atoms with Gasteiger partial charge in [-0.25, -0.2) is 4.39 Å². The van der Waals surface area contributed by atoms with Gasteiger partial charge in [-0.3, -0.25) is 4.79 Å². The minimum absolute atomic E-state index is 0.206. The first-order valence-electron chi connectivity index (χ1n) is 7.06. The number of carbonyl (C=O) groups excluding carboxylic acids is 1. The molecule has 1 saturated heterocycles. The van der Waals surface area contributed by atoms with Crippen LogP contribution in [-0.2, 0) is 11.3 Å². The van der Waals surface area contributed by atoms with Gasteiger partial charge in [-0.1, -0.05) is 18.2 Å². The number of amides is 1. The molecule has 0 saturated carbocycles. The van der Waals surface area contributed by atoms with Gasteiger partial charge in [0.1, 0.15) is 5.82 Å². The fraction of sp³-hybridized carbons (Fsp3) is 0.438. The van der Waals surface area contributed by atoms with E-state index in [9.17, 15) is 9.18 Å². The summed E-state index contributed by atoms with van der Waals surface area (Å²) in [5.41, 5.74) is 0.940. The second kappa shape index (κ2) is 7.20. The molecule has 1 aliphatic heterocycles. The molecule has 1 fully saturated rings. The Bertz CT molecular complexity index is 475. The van der Waals surface area contributed by atoms with E-state index in [4.69, 9.17) is 0 Å². The lowest BCUT2D eigenvalue weighted by Crippen LogP contribution is -2.35. The summed E-state index contributed by atoms with van der Waals surface area (Å²) in [6.45, 7) is 5.80. The Hall–Kier alpha value is -1.68. The number of hydrogen-bond acceptors (Lipinski definition) is 2. The first kappa shape index (κ1) is 14.7. The van der Waals surface area contributed by atoms with Crippen LogP contribution >= 0.6 is 0 Å². The summed E-state index contributed by atoms with van der Waals surface area (Å²) >= 11 is 0. The fourth-order valence-corrected chi connectivity index (χ4v) is 2.63. The van der Waals surface area contributed by atoms with Crippen molar-refractivity contribution in [3.63, 3.8) is 0 Å². The van der Waals surface area contributed by atoms with Gasteiger partial charge in [0, 0.05) is 25.6 Å². The smallest absolute Gasteiger partial charge is 0.223 e. The summed E-state index contributed by atoms with van der Waals surface area (Å²) in [4.78, 5) is 13.6. The molecule has 0 aromatic heterocycles.